The molecule has 2 aromatic carbocycles. The molecule has 6 heteroatoms. The molecule has 0 aliphatic heterocycles. The Morgan fingerprint density at radius 1 is 1.08 bits per heavy atom. The van der Waals surface area contributed by atoms with Gasteiger partial charge in [-0.3, -0.25) is 0 Å². The number of ether oxygens (including phenoxy) is 1. The fraction of sp³-hybridized carbons (Fsp3) is 0.222. The van der Waals surface area contributed by atoms with Gasteiger partial charge in [-0.25, -0.2) is 9.78 Å². The van der Waals surface area contributed by atoms with E-state index in [1.165, 1.54) is 0 Å². The minimum atomic E-state index is -0.559. The summed E-state index contributed by atoms with van der Waals surface area (Å²) in [6, 6.07) is 10.1. The number of fused-ring (bicyclic) bond motifs is 1. The first kappa shape index (κ1) is 16.8. The molecule has 1 aromatic heterocycles. The van der Waals surface area contributed by atoms with E-state index in [1.807, 2.05) is 20.8 Å². The minimum absolute atomic E-state index is 0.385. The van der Waals surface area contributed by atoms with Crippen LogP contribution in [-0.4, -0.2) is 16.6 Å². The molecule has 0 saturated carbocycles. The largest absolute Gasteiger partial charge is 0.456 e. The van der Waals surface area contributed by atoms with Crippen LogP contribution in [0.15, 0.2) is 40.8 Å². The second kappa shape index (κ2) is 6.11. The second-order valence-corrected chi connectivity index (χ2v) is 7.23. The van der Waals surface area contributed by atoms with Crippen LogP contribution in [0.4, 0.5) is 0 Å². The highest BCUT2D eigenvalue weighted by atomic mass is 35.5. The molecule has 0 N–H and O–H groups in total. The van der Waals surface area contributed by atoms with Gasteiger partial charge in [0, 0.05) is 15.6 Å². The molecule has 0 fully saturated rings. The summed E-state index contributed by atoms with van der Waals surface area (Å²) in [7, 11) is 0. The van der Waals surface area contributed by atoms with Crippen LogP contribution in [-0.2, 0) is 4.74 Å². The molecule has 3 rings (SSSR count). The van der Waals surface area contributed by atoms with Crippen molar-refractivity contribution in [2.24, 2.45) is 0 Å². The molecule has 24 heavy (non-hydrogen) atoms. The highest BCUT2D eigenvalue weighted by Gasteiger charge is 2.19. The van der Waals surface area contributed by atoms with Gasteiger partial charge in [0.05, 0.1) is 5.56 Å². The molecule has 0 amide bonds. The number of carbonyl (C=O) groups excluding carboxylic acids is 1. The van der Waals surface area contributed by atoms with Crippen molar-refractivity contribution in [2.45, 2.75) is 26.4 Å². The highest BCUT2D eigenvalue weighted by Crippen LogP contribution is 2.29. The first-order chi connectivity index (χ1) is 11.2. The zero-order chi connectivity index (χ0) is 17.5. The van der Waals surface area contributed by atoms with Crippen LogP contribution >= 0.6 is 23.2 Å². The topological polar surface area (TPSA) is 52.3 Å². The molecule has 4 nitrogen and oxygen atoms in total. The summed E-state index contributed by atoms with van der Waals surface area (Å²) in [6.45, 7) is 5.45. The molecule has 124 valence electrons. The SMILES string of the molecule is CC(C)(C)OC(=O)c1ccc2nc(-c3cc(Cl)cc(Cl)c3)oc2c1. The summed E-state index contributed by atoms with van der Waals surface area (Å²) < 4.78 is 11.1. The smallest absolute Gasteiger partial charge is 0.338 e. The third kappa shape index (κ3) is 3.71. The van der Waals surface area contributed by atoms with E-state index in [0.29, 0.717) is 38.2 Å². The number of aromatic nitrogens is 1. The number of benzene rings is 2. The van der Waals surface area contributed by atoms with Crippen LogP contribution < -0.4 is 0 Å². The summed E-state index contributed by atoms with van der Waals surface area (Å²) in [5.41, 5.74) is 1.64. The van der Waals surface area contributed by atoms with Crippen LogP contribution in [0, 0.1) is 0 Å². The van der Waals surface area contributed by atoms with Gasteiger partial charge in [0.2, 0.25) is 5.89 Å². The number of halogens is 2. The Bertz CT molecular complexity index is 905. The Labute approximate surface area is 149 Å². The van der Waals surface area contributed by atoms with E-state index in [2.05, 4.69) is 4.98 Å². The van der Waals surface area contributed by atoms with E-state index < -0.39 is 11.6 Å². The Morgan fingerprint density at radius 2 is 1.75 bits per heavy atom. The molecule has 0 atom stereocenters. The van der Waals surface area contributed by atoms with Gasteiger partial charge in [0.25, 0.3) is 0 Å². The Balaban J connectivity index is 1.98. The molecule has 1 heterocycles. The van der Waals surface area contributed by atoms with E-state index in [9.17, 15) is 4.79 Å². The van der Waals surface area contributed by atoms with E-state index in [-0.39, 0.29) is 0 Å². The summed E-state index contributed by atoms with van der Waals surface area (Å²) in [4.78, 5) is 16.6. The lowest BCUT2D eigenvalue weighted by atomic mass is 10.1. The zero-order valence-corrected chi connectivity index (χ0v) is 14.9. The lowest BCUT2D eigenvalue weighted by Crippen LogP contribution is -2.23. The van der Waals surface area contributed by atoms with Crippen molar-refractivity contribution >= 4 is 40.3 Å². The van der Waals surface area contributed by atoms with Gasteiger partial charge < -0.3 is 9.15 Å². The van der Waals surface area contributed by atoms with Gasteiger partial charge in [-0.15, -0.1) is 0 Å². The van der Waals surface area contributed by atoms with E-state index in [1.54, 1.807) is 36.4 Å². The standard InChI is InChI=1S/C18H15Cl2NO3/c1-18(2,3)24-17(22)10-4-5-14-15(8-10)23-16(21-14)11-6-12(19)9-13(20)7-11/h4-9H,1-3H3. The van der Waals surface area contributed by atoms with Crippen LogP contribution in [0.3, 0.4) is 0 Å². The minimum Gasteiger partial charge on any atom is -0.456 e. The third-order valence-electron chi connectivity index (χ3n) is 3.13. The first-order valence-electron chi connectivity index (χ1n) is 7.32. The van der Waals surface area contributed by atoms with Crippen molar-refractivity contribution in [2.75, 3.05) is 0 Å². The molecule has 0 saturated heterocycles. The summed E-state index contributed by atoms with van der Waals surface area (Å²) in [5.74, 6) is -0.0242. The number of rotatable bonds is 2. The number of carbonyl (C=O) groups is 1. The molecular formula is C18H15Cl2NO3. The summed E-state index contributed by atoms with van der Waals surface area (Å²) >= 11 is 12.0. The van der Waals surface area contributed by atoms with Gasteiger partial charge >= 0.3 is 5.97 Å². The third-order valence-corrected chi connectivity index (χ3v) is 3.57. The number of nitrogens with zero attached hydrogens (tertiary/aromatic N) is 1. The summed E-state index contributed by atoms with van der Waals surface area (Å²) in [6.07, 6.45) is 0. The fourth-order valence-corrected chi connectivity index (χ4v) is 2.72. The maximum atomic E-state index is 12.2. The molecule has 0 aliphatic carbocycles. The lowest BCUT2D eigenvalue weighted by Gasteiger charge is -2.19. The van der Waals surface area contributed by atoms with Gasteiger partial charge in [-0.05, 0) is 57.2 Å². The molecule has 3 aromatic rings. The van der Waals surface area contributed by atoms with Crippen LogP contribution in [0.2, 0.25) is 10.0 Å². The maximum absolute atomic E-state index is 12.2. The lowest BCUT2D eigenvalue weighted by molar-refractivity contribution is 0.00696. The second-order valence-electron chi connectivity index (χ2n) is 6.36. The molecule has 0 spiro atoms. The van der Waals surface area contributed by atoms with Crippen LogP contribution in [0.5, 0.6) is 0 Å². The molecule has 0 bridgehead atoms. The molecular weight excluding hydrogens is 349 g/mol. The van der Waals surface area contributed by atoms with E-state index >= 15 is 0 Å². The fourth-order valence-electron chi connectivity index (χ4n) is 2.19. The quantitative estimate of drug-likeness (QED) is 0.543. The van der Waals surface area contributed by atoms with Crippen LogP contribution in [0.1, 0.15) is 31.1 Å². The average molecular weight is 364 g/mol. The van der Waals surface area contributed by atoms with Gasteiger partial charge in [-0.1, -0.05) is 23.2 Å². The van der Waals surface area contributed by atoms with Crippen molar-refractivity contribution in [1.82, 2.24) is 4.98 Å². The van der Waals surface area contributed by atoms with Gasteiger partial charge in [0.15, 0.2) is 5.58 Å². The van der Waals surface area contributed by atoms with Crippen molar-refractivity contribution < 1.29 is 13.9 Å². The predicted octanol–water partition coefficient (Wildman–Crippen LogP) is 5.76. The monoisotopic (exact) mass is 363 g/mol. The van der Waals surface area contributed by atoms with Crippen molar-refractivity contribution in [3.63, 3.8) is 0 Å². The van der Waals surface area contributed by atoms with Crippen molar-refractivity contribution in [3.8, 4) is 11.5 Å². The number of oxazole rings is 1. The number of hydrogen-bond donors (Lipinski definition) is 0. The molecule has 0 unspecified atom stereocenters. The van der Waals surface area contributed by atoms with E-state index in [0.717, 1.165) is 0 Å². The van der Waals surface area contributed by atoms with Gasteiger partial charge in [0.1, 0.15) is 11.1 Å². The predicted molar refractivity (Wildman–Crippen MR) is 94.6 cm³/mol. The molecule has 0 radical (unpaired) electrons. The highest BCUT2D eigenvalue weighted by molar-refractivity contribution is 6.35. The van der Waals surface area contributed by atoms with Crippen molar-refractivity contribution in [1.29, 1.82) is 0 Å². The van der Waals surface area contributed by atoms with Gasteiger partial charge in [-0.2, -0.15) is 0 Å². The molecule has 0 aliphatic rings. The zero-order valence-electron chi connectivity index (χ0n) is 13.4. The number of hydrogen-bond acceptors (Lipinski definition) is 4. The van der Waals surface area contributed by atoms with E-state index in [4.69, 9.17) is 32.4 Å². The maximum Gasteiger partial charge on any atom is 0.338 e. The Hall–Kier alpha value is -2.04. The Morgan fingerprint density at radius 3 is 2.38 bits per heavy atom. The first-order valence-corrected chi connectivity index (χ1v) is 8.07. The number of esters is 1. The van der Waals surface area contributed by atoms with Crippen molar-refractivity contribution in [3.05, 3.63) is 52.0 Å². The average Bonchev–Trinajstić information content (AvgIpc) is 2.87. The Kier molecular flexibility index (Phi) is 4.28. The summed E-state index contributed by atoms with van der Waals surface area (Å²) in [5, 5.41) is 0.989. The van der Waals surface area contributed by atoms with Crippen LogP contribution in [0.25, 0.3) is 22.6 Å². The normalized spacial score (nSPS) is 11.7.